The van der Waals surface area contributed by atoms with E-state index in [9.17, 15) is 0 Å². The van der Waals surface area contributed by atoms with Crippen LogP contribution in [-0.2, 0) is 0 Å². The topological polar surface area (TPSA) is 12.9 Å². The Kier molecular flexibility index (Phi) is 3.23. The van der Waals surface area contributed by atoms with E-state index in [1.165, 1.54) is 11.1 Å². The van der Waals surface area contributed by atoms with Gasteiger partial charge >= 0.3 is 0 Å². The Bertz CT molecular complexity index is 792. The van der Waals surface area contributed by atoms with Gasteiger partial charge < -0.3 is 0 Å². The Morgan fingerprint density at radius 2 is 1.65 bits per heavy atom. The minimum Gasteiger partial charge on any atom is -0.247 e. The Labute approximate surface area is 124 Å². The van der Waals surface area contributed by atoms with Gasteiger partial charge in [0.05, 0.1) is 16.2 Å². The molecule has 0 bridgehead atoms. The third kappa shape index (κ3) is 2.08. The Balaban J connectivity index is 2.39. The van der Waals surface area contributed by atoms with E-state index >= 15 is 0 Å². The lowest BCUT2D eigenvalue weighted by atomic mass is 10.0. The average molecular weight is 282 g/mol. The summed E-state index contributed by atoms with van der Waals surface area (Å²) < 4.78 is 0. The maximum absolute atomic E-state index is 6.59. The fraction of sp³-hybridized carbons (Fsp3) is 0.167. The zero-order chi connectivity index (χ0) is 14.3. The molecule has 0 amide bonds. The number of fused-ring (bicyclic) bond motifs is 1. The van der Waals surface area contributed by atoms with Crippen molar-refractivity contribution in [3.05, 3.63) is 64.2 Å². The molecule has 0 aliphatic rings. The molecule has 0 fully saturated rings. The summed E-state index contributed by atoms with van der Waals surface area (Å²) in [5, 5.41) is 1.85. The highest BCUT2D eigenvalue weighted by Gasteiger charge is 2.13. The number of halogens is 1. The smallest absolute Gasteiger partial charge is 0.0754 e. The van der Waals surface area contributed by atoms with Crippen LogP contribution in [0.3, 0.4) is 0 Å². The maximum atomic E-state index is 6.59. The summed E-state index contributed by atoms with van der Waals surface area (Å²) in [6.45, 7) is 6.21. The minimum absolute atomic E-state index is 0.806. The predicted octanol–water partition coefficient (Wildman–Crippen LogP) is 5.48. The standard InChI is InChI=1S/C18H16ClN/c1-11-9-12(2)17-15(10-11)16(19)13(3)18(20-17)14-7-5-4-6-8-14/h4-10H,1-3H3. The lowest BCUT2D eigenvalue weighted by Crippen LogP contribution is -1.94. The highest BCUT2D eigenvalue weighted by Crippen LogP contribution is 2.34. The van der Waals surface area contributed by atoms with E-state index in [1.54, 1.807) is 0 Å². The quantitative estimate of drug-likeness (QED) is 0.575. The third-order valence-electron chi connectivity index (χ3n) is 3.64. The number of aryl methyl sites for hydroxylation is 2. The van der Waals surface area contributed by atoms with E-state index in [-0.39, 0.29) is 0 Å². The molecule has 3 aromatic rings. The summed E-state index contributed by atoms with van der Waals surface area (Å²) in [7, 11) is 0. The predicted molar refractivity (Wildman–Crippen MR) is 86.4 cm³/mol. The van der Waals surface area contributed by atoms with Gasteiger partial charge in [-0.1, -0.05) is 53.6 Å². The van der Waals surface area contributed by atoms with Crippen molar-refractivity contribution >= 4 is 22.5 Å². The normalized spacial score (nSPS) is 11.0. The number of pyridine rings is 1. The van der Waals surface area contributed by atoms with Crippen molar-refractivity contribution in [3.63, 3.8) is 0 Å². The summed E-state index contributed by atoms with van der Waals surface area (Å²) in [4.78, 5) is 4.86. The summed E-state index contributed by atoms with van der Waals surface area (Å²) in [6.07, 6.45) is 0. The zero-order valence-electron chi connectivity index (χ0n) is 11.9. The van der Waals surface area contributed by atoms with Crippen LogP contribution in [0, 0.1) is 20.8 Å². The van der Waals surface area contributed by atoms with Gasteiger partial charge in [0, 0.05) is 10.9 Å². The second-order valence-corrected chi connectivity index (χ2v) is 5.62. The SMILES string of the molecule is Cc1cc(C)c2nc(-c3ccccc3)c(C)c(Cl)c2c1. The fourth-order valence-corrected chi connectivity index (χ4v) is 2.89. The molecule has 0 saturated carbocycles. The summed E-state index contributed by atoms with van der Waals surface area (Å²) >= 11 is 6.59. The molecule has 0 saturated heterocycles. The molecule has 3 rings (SSSR count). The van der Waals surface area contributed by atoms with Crippen molar-refractivity contribution in [2.75, 3.05) is 0 Å². The summed E-state index contributed by atoms with van der Waals surface area (Å²) in [5.74, 6) is 0. The van der Waals surface area contributed by atoms with E-state index in [1.807, 2.05) is 25.1 Å². The average Bonchev–Trinajstić information content (AvgIpc) is 2.44. The van der Waals surface area contributed by atoms with Crippen molar-refractivity contribution in [1.82, 2.24) is 4.98 Å². The van der Waals surface area contributed by atoms with E-state index < -0.39 is 0 Å². The van der Waals surface area contributed by atoms with Crippen LogP contribution in [0.2, 0.25) is 5.02 Å². The molecule has 0 spiro atoms. The van der Waals surface area contributed by atoms with Crippen LogP contribution in [0.25, 0.3) is 22.2 Å². The first-order valence-corrected chi connectivity index (χ1v) is 7.08. The van der Waals surface area contributed by atoms with Gasteiger partial charge in [0.25, 0.3) is 0 Å². The number of nitrogens with zero attached hydrogens (tertiary/aromatic N) is 1. The molecule has 0 aliphatic carbocycles. The van der Waals surface area contributed by atoms with Gasteiger partial charge in [0.15, 0.2) is 0 Å². The van der Waals surface area contributed by atoms with Crippen LogP contribution in [0.5, 0.6) is 0 Å². The first-order valence-electron chi connectivity index (χ1n) is 6.70. The molecular formula is C18H16ClN. The molecular weight excluding hydrogens is 266 g/mol. The van der Waals surface area contributed by atoms with Gasteiger partial charge in [0.2, 0.25) is 0 Å². The minimum atomic E-state index is 0.806. The van der Waals surface area contributed by atoms with Crippen molar-refractivity contribution in [1.29, 1.82) is 0 Å². The van der Waals surface area contributed by atoms with Crippen LogP contribution < -0.4 is 0 Å². The molecule has 0 radical (unpaired) electrons. The number of hydrogen-bond acceptors (Lipinski definition) is 1. The molecule has 1 nitrogen and oxygen atoms in total. The van der Waals surface area contributed by atoms with Crippen LogP contribution in [0.4, 0.5) is 0 Å². The highest BCUT2D eigenvalue weighted by molar-refractivity contribution is 6.36. The van der Waals surface area contributed by atoms with Gasteiger partial charge in [-0.15, -0.1) is 0 Å². The van der Waals surface area contributed by atoms with Crippen molar-refractivity contribution in [2.24, 2.45) is 0 Å². The van der Waals surface area contributed by atoms with Gasteiger partial charge in [-0.05, 0) is 38.0 Å². The molecule has 0 N–H and O–H groups in total. The zero-order valence-corrected chi connectivity index (χ0v) is 12.6. The van der Waals surface area contributed by atoms with Crippen LogP contribution in [0.15, 0.2) is 42.5 Å². The highest BCUT2D eigenvalue weighted by atomic mass is 35.5. The first kappa shape index (κ1) is 13.1. The molecule has 1 heterocycles. The second-order valence-electron chi connectivity index (χ2n) is 5.24. The van der Waals surface area contributed by atoms with Crippen LogP contribution in [-0.4, -0.2) is 4.98 Å². The number of benzene rings is 2. The Morgan fingerprint density at radius 3 is 2.35 bits per heavy atom. The monoisotopic (exact) mass is 281 g/mol. The molecule has 1 aromatic heterocycles. The van der Waals surface area contributed by atoms with Gasteiger partial charge in [0.1, 0.15) is 0 Å². The van der Waals surface area contributed by atoms with Crippen molar-refractivity contribution in [2.45, 2.75) is 20.8 Å². The maximum Gasteiger partial charge on any atom is 0.0754 e. The molecule has 0 atom stereocenters. The van der Waals surface area contributed by atoms with Crippen molar-refractivity contribution < 1.29 is 0 Å². The summed E-state index contributed by atoms with van der Waals surface area (Å²) in [5.41, 5.74) is 6.48. The van der Waals surface area contributed by atoms with Crippen molar-refractivity contribution in [3.8, 4) is 11.3 Å². The number of rotatable bonds is 1. The lowest BCUT2D eigenvalue weighted by Gasteiger charge is -2.12. The summed E-state index contributed by atoms with van der Waals surface area (Å²) in [6, 6.07) is 14.5. The second kappa shape index (κ2) is 4.92. The largest absolute Gasteiger partial charge is 0.247 e. The van der Waals surface area contributed by atoms with E-state index in [2.05, 4.69) is 38.1 Å². The van der Waals surface area contributed by atoms with Crippen LogP contribution >= 0.6 is 11.6 Å². The molecule has 0 aliphatic heterocycles. The first-order chi connectivity index (χ1) is 9.58. The number of aromatic nitrogens is 1. The van der Waals surface area contributed by atoms with Gasteiger partial charge in [-0.2, -0.15) is 0 Å². The van der Waals surface area contributed by atoms with E-state index in [0.717, 1.165) is 32.7 Å². The molecule has 20 heavy (non-hydrogen) atoms. The third-order valence-corrected chi connectivity index (χ3v) is 4.12. The van der Waals surface area contributed by atoms with E-state index in [4.69, 9.17) is 16.6 Å². The lowest BCUT2D eigenvalue weighted by molar-refractivity contribution is 1.30. The van der Waals surface area contributed by atoms with E-state index in [0.29, 0.717) is 0 Å². The molecule has 2 heteroatoms. The van der Waals surface area contributed by atoms with Gasteiger partial charge in [-0.25, -0.2) is 4.98 Å². The Hall–Kier alpha value is -1.86. The molecule has 2 aromatic carbocycles. The van der Waals surface area contributed by atoms with Crippen LogP contribution in [0.1, 0.15) is 16.7 Å². The fourth-order valence-electron chi connectivity index (χ4n) is 2.65. The molecule has 0 unspecified atom stereocenters. The van der Waals surface area contributed by atoms with Gasteiger partial charge in [-0.3, -0.25) is 0 Å². The molecule has 100 valence electrons. The Morgan fingerprint density at radius 1 is 0.950 bits per heavy atom. The number of hydrogen-bond donors (Lipinski definition) is 0.